The van der Waals surface area contributed by atoms with Crippen LogP contribution in [0.5, 0.6) is 0 Å². The van der Waals surface area contributed by atoms with Gasteiger partial charge in [-0.25, -0.2) is 0 Å². The van der Waals surface area contributed by atoms with Crippen molar-refractivity contribution in [3.8, 4) is 0 Å². The lowest BCUT2D eigenvalue weighted by molar-refractivity contribution is 0.126. The van der Waals surface area contributed by atoms with Crippen molar-refractivity contribution in [2.24, 2.45) is 11.8 Å². The monoisotopic (exact) mass is 227 g/mol. The molecular formula is C14H29NO. The fraction of sp³-hybridized carbons (Fsp3) is 1.00. The first-order valence-corrected chi connectivity index (χ1v) is 7.06. The molecule has 0 aromatic carbocycles. The van der Waals surface area contributed by atoms with Crippen molar-refractivity contribution in [2.75, 3.05) is 20.3 Å². The van der Waals surface area contributed by atoms with Gasteiger partial charge >= 0.3 is 0 Å². The normalized spacial score (nSPS) is 30.6. The standard InChI is InChI=1S/C14H29NO/c1-4-12-8-9-14(15-3)13(11-12)7-6-10-16-5-2/h12-15H,4-11H2,1-3H3. The Kier molecular flexibility index (Phi) is 7.06. The summed E-state index contributed by atoms with van der Waals surface area (Å²) in [5.74, 6) is 1.85. The van der Waals surface area contributed by atoms with Crippen molar-refractivity contribution >= 4 is 0 Å². The molecule has 0 amide bonds. The van der Waals surface area contributed by atoms with Gasteiger partial charge in [-0.15, -0.1) is 0 Å². The molecule has 0 bridgehead atoms. The molecule has 0 saturated heterocycles. The molecule has 16 heavy (non-hydrogen) atoms. The number of nitrogens with one attached hydrogen (secondary N) is 1. The van der Waals surface area contributed by atoms with E-state index in [1.54, 1.807) is 0 Å². The molecule has 0 heterocycles. The van der Waals surface area contributed by atoms with E-state index in [1.807, 2.05) is 0 Å². The smallest absolute Gasteiger partial charge is 0.0466 e. The fourth-order valence-corrected chi connectivity index (χ4v) is 3.02. The second-order valence-electron chi connectivity index (χ2n) is 5.08. The molecule has 1 aliphatic carbocycles. The third-order valence-corrected chi connectivity index (χ3v) is 4.11. The molecule has 1 rings (SSSR count). The molecule has 96 valence electrons. The van der Waals surface area contributed by atoms with E-state index < -0.39 is 0 Å². The molecular weight excluding hydrogens is 198 g/mol. The van der Waals surface area contributed by atoms with E-state index >= 15 is 0 Å². The van der Waals surface area contributed by atoms with E-state index in [1.165, 1.54) is 38.5 Å². The van der Waals surface area contributed by atoms with Gasteiger partial charge in [0.1, 0.15) is 0 Å². The van der Waals surface area contributed by atoms with Crippen LogP contribution in [0.2, 0.25) is 0 Å². The lowest BCUT2D eigenvalue weighted by Gasteiger charge is -2.36. The zero-order chi connectivity index (χ0) is 11.8. The van der Waals surface area contributed by atoms with Crippen LogP contribution < -0.4 is 5.32 Å². The topological polar surface area (TPSA) is 21.3 Å². The Morgan fingerprint density at radius 3 is 2.69 bits per heavy atom. The minimum atomic E-state index is 0.754. The minimum Gasteiger partial charge on any atom is -0.382 e. The highest BCUT2D eigenvalue weighted by Crippen LogP contribution is 2.33. The van der Waals surface area contributed by atoms with Gasteiger partial charge in [0.15, 0.2) is 0 Å². The first-order chi connectivity index (χ1) is 7.81. The quantitative estimate of drug-likeness (QED) is 0.674. The van der Waals surface area contributed by atoms with Crippen LogP contribution in [-0.4, -0.2) is 26.3 Å². The van der Waals surface area contributed by atoms with Gasteiger partial charge in [0.2, 0.25) is 0 Å². The van der Waals surface area contributed by atoms with Gasteiger partial charge in [0, 0.05) is 19.3 Å². The van der Waals surface area contributed by atoms with E-state index in [0.29, 0.717) is 0 Å². The maximum absolute atomic E-state index is 5.43. The van der Waals surface area contributed by atoms with Crippen LogP contribution in [0.1, 0.15) is 52.4 Å². The lowest BCUT2D eigenvalue weighted by atomic mass is 9.75. The van der Waals surface area contributed by atoms with E-state index in [2.05, 4.69) is 26.2 Å². The van der Waals surface area contributed by atoms with Gasteiger partial charge in [0.25, 0.3) is 0 Å². The second-order valence-corrected chi connectivity index (χ2v) is 5.08. The van der Waals surface area contributed by atoms with Crippen LogP contribution in [0.25, 0.3) is 0 Å². The molecule has 2 heteroatoms. The summed E-state index contributed by atoms with van der Waals surface area (Å²) in [6.45, 7) is 6.21. The van der Waals surface area contributed by atoms with Gasteiger partial charge < -0.3 is 10.1 Å². The Balaban J connectivity index is 2.27. The third kappa shape index (κ3) is 4.42. The first kappa shape index (κ1) is 14.0. The van der Waals surface area contributed by atoms with Crippen molar-refractivity contribution < 1.29 is 4.74 Å². The molecule has 1 saturated carbocycles. The van der Waals surface area contributed by atoms with Gasteiger partial charge in [-0.05, 0) is 57.9 Å². The molecule has 1 N–H and O–H groups in total. The molecule has 1 fully saturated rings. The predicted octanol–water partition coefficient (Wildman–Crippen LogP) is 3.22. The SMILES string of the molecule is CCOCCCC1CC(CC)CCC1NC. The first-order valence-electron chi connectivity index (χ1n) is 7.06. The zero-order valence-corrected chi connectivity index (χ0v) is 11.3. The van der Waals surface area contributed by atoms with Gasteiger partial charge in [-0.2, -0.15) is 0 Å². The number of hydrogen-bond acceptors (Lipinski definition) is 2. The highest BCUT2D eigenvalue weighted by Gasteiger charge is 2.28. The predicted molar refractivity (Wildman–Crippen MR) is 69.7 cm³/mol. The lowest BCUT2D eigenvalue weighted by Crippen LogP contribution is -2.38. The maximum atomic E-state index is 5.43. The van der Waals surface area contributed by atoms with E-state index in [9.17, 15) is 0 Å². The number of ether oxygens (including phenoxy) is 1. The fourth-order valence-electron chi connectivity index (χ4n) is 3.02. The highest BCUT2D eigenvalue weighted by atomic mass is 16.5. The largest absolute Gasteiger partial charge is 0.382 e. The van der Waals surface area contributed by atoms with Crippen LogP contribution in [0, 0.1) is 11.8 Å². The average Bonchev–Trinajstić information content (AvgIpc) is 2.34. The summed E-state index contributed by atoms with van der Waals surface area (Å²) in [7, 11) is 2.12. The molecule has 0 aromatic heterocycles. The van der Waals surface area contributed by atoms with Crippen molar-refractivity contribution in [2.45, 2.75) is 58.4 Å². The minimum absolute atomic E-state index is 0.754. The molecule has 3 atom stereocenters. The Labute approximate surface area is 101 Å². The summed E-state index contributed by atoms with van der Waals surface area (Å²) < 4.78 is 5.43. The summed E-state index contributed by atoms with van der Waals surface area (Å²) in [4.78, 5) is 0. The van der Waals surface area contributed by atoms with Gasteiger partial charge in [-0.3, -0.25) is 0 Å². The molecule has 0 aliphatic heterocycles. The molecule has 0 radical (unpaired) electrons. The summed E-state index contributed by atoms with van der Waals surface area (Å²) in [6.07, 6.45) is 8.14. The van der Waals surface area contributed by atoms with E-state index in [4.69, 9.17) is 4.74 Å². The third-order valence-electron chi connectivity index (χ3n) is 4.11. The molecule has 0 spiro atoms. The summed E-state index contributed by atoms with van der Waals surface area (Å²) >= 11 is 0. The Bertz CT molecular complexity index is 172. The molecule has 3 unspecified atom stereocenters. The van der Waals surface area contributed by atoms with Crippen LogP contribution in [0.15, 0.2) is 0 Å². The summed E-state index contributed by atoms with van der Waals surface area (Å²) in [5, 5.41) is 3.50. The van der Waals surface area contributed by atoms with Crippen LogP contribution >= 0.6 is 0 Å². The van der Waals surface area contributed by atoms with Gasteiger partial charge in [0.05, 0.1) is 0 Å². The Hall–Kier alpha value is -0.0800. The molecule has 0 aromatic rings. The van der Waals surface area contributed by atoms with Gasteiger partial charge in [-0.1, -0.05) is 13.3 Å². The molecule has 2 nitrogen and oxygen atoms in total. The Morgan fingerprint density at radius 1 is 1.25 bits per heavy atom. The van der Waals surface area contributed by atoms with Crippen molar-refractivity contribution in [3.63, 3.8) is 0 Å². The summed E-state index contributed by atoms with van der Waals surface area (Å²) in [6, 6.07) is 0.754. The van der Waals surface area contributed by atoms with Crippen LogP contribution in [0.3, 0.4) is 0 Å². The average molecular weight is 227 g/mol. The maximum Gasteiger partial charge on any atom is 0.0466 e. The Morgan fingerprint density at radius 2 is 2.06 bits per heavy atom. The van der Waals surface area contributed by atoms with Crippen LogP contribution in [0.4, 0.5) is 0 Å². The summed E-state index contributed by atoms with van der Waals surface area (Å²) in [5.41, 5.74) is 0. The van der Waals surface area contributed by atoms with Crippen molar-refractivity contribution in [3.05, 3.63) is 0 Å². The number of hydrogen-bond donors (Lipinski definition) is 1. The number of rotatable bonds is 7. The van der Waals surface area contributed by atoms with Crippen molar-refractivity contribution in [1.29, 1.82) is 0 Å². The second kappa shape index (κ2) is 8.08. The highest BCUT2D eigenvalue weighted by molar-refractivity contribution is 4.83. The van der Waals surface area contributed by atoms with Crippen LogP contribution in [-0.2, 0) is 4.74 Å². The van der Waals surface area contributed by atoms with E-state index in [-0.39, 0.29) is 0 Å². The molecule has 1 aliphatic rings. The van der Waals surface area contributed by atoms with E-state index in [0.717, 1.165) is 31.1 Å². The zero-order valence-electron chi connectivity index (χ0n) is 11.3. The van der Waals surface area contributed by atoms with Crippen molar-refractivity contribution in [1.82, 2.24) is 5.32 Å².